The molecule has 7 nitrogen and oxygen atoms in total. The van der Waals surface area contributed by atoms with Crippen molar-refractivity contribution in [2.75, 3.05) is 7.05 Å². The molecular formula is C24H29ClN4O3S. The molecule has 1 heterocycles. The Hall–Kier alpha value is -2.68. The number of nitrogens with zero attached hydrogens (tertiary/aromatic N) is 3. The maximum atomic E-state index is 12.8. The van der Waals surface area contributed by atoms with Crippen molar-refractivity contribution in [2.24, 2.45) is 0 Å². The van der Waals surface area contributed by atoms with E-state index in [0.717, 1.165) is 11.1 Å². The van der Waals surface area contributed by atoms with E-state index in [4.69, 9.17) is 11.6 Å². The van der Waals surface area contributed by atoms with Gasteiger partial charge in [-0.15, -0.1) is 0 Å². The van der Waals surface area contributed by atoms with Crippen molar-refractivity contribution in [1.82, 2.24) is 19.4 Å². The molecule has 0 unspecified atom stereocenters. The zero-order chi connectivity index (χ0) is 24.3. The molecule has 1 N–H and O–H groups in total. The van der Waals surface area contributed by atoms with Gasteiger partial charge >= 0.3 is 0 Å². The highest BCUT2D eigenvalue weighted by atomic mass is 35.5. The molecule has 0 spiro atoms. The average Bonchev–Trinajstić information content (AvgIpc) is 3.06. The van der Waals surface area contributed by atoms with Crippen LogP contribution < -0.4 is 5.32 Å². The zero-order valence-corrected chi connectivity index (χ0v) is 21.0. The van der Waals surface area contributed by atoms with Gasteiger partial charge in [-0.05, 0) is 51.0 Å². The number of hydrogen-bond donors (Lipinski definition) is 1. The summed E-state index contributed by atoms with van der Waals surface area (Å²) in [6, 6.07) is 14.4. The molecule has 0 bridgehead atoms. The summed E-state index contributed by atoms with van der Waals surface area (Å²) in [5.74, 6) is -0.330. The second-order valence-electron chi connectivity index (χ2n) is 8.34. The predicted octanol–water partition coefficient (Wildman–Crippen LogP) is 4.16. The maximum absolute atomic E-state index is 12.8. The lowest BCUT2D eigenvalue weighted by atomic mass is 10.1. The summed E-state index contributed by atoms with van der Waals surface area (Å²) >= 11 is 6.48. The summed E-state index contributed by atoms with van der Waals surface area (Å²) in [6.07, 6.45) is 0. The van der Waals surface area contributed by atoms with Gasteiger partial charge in [0.25, 0.3) is 5.91 Å². The SMILES string of the molecule is Cc1ccc(Cn2nc(C)c(C(=O)NCc3ccc(S(=O)(=O)N(C)C(C)C)cc3)c2Cl)cc1. The van der Waals surface area contributed by atoms with E-state index < -0.39 is 10.0 Å². The first kappa shape index (κ1) is 25.0. The average molecular weight is 489 g/mol. The molecule has 3 aromatic rings. The highest BCUT2D eigenvalue weighted by Crippen LogP contribution is 2.22. The molecule has 9 heteroatoms. The van der Waals surface area contributed by atoms with E-state index in [1.54, 1.807) is 42.9 Å². The Kier molecular flexibility index (Phi) is 7.62. The van der Waals surface area contributed by atoms with Crippen molar-refractivity contribution in [2.45, 2.75) is 51.7 Å². The molecule has 2 aromatic carbocycles. The summed E-state index contributed by atoms with van der Waals surface area (Å²) in [4.78, 5) is 13.0. The number of carbonyl (C=O) groups excluding carboxylic acids is 1. The lowest BCUT2D eigenvalue weighted by molar-refractivity contribution is 0.0950. The summed E-state index contributed by atoms with van der Waals surface area (Å²) in [5.41, 5.74) is 3.86. The fraction of sp³-hybridized carbons (Fsp3) is 0.333. The van der Waals surface area contributed by atoms with Crippen molar-refractivity contribution in [3.63, 3.8) is 0 Å². The number of aryl methyl sites for hydroxylation is 2. The molecule has 1 aromatic heterocycles. The number of rotatable bonds is 8. The van der Waals surface area contributed by atoms with Gasteiger partial charge in [0.2, 0.25) is 10.0 Å². The van der Waals surface area contributed by atoms with Crippen molar-refractivity contribution in [3.8, 4) is 0 Å². The lowest BCUT2D eigenvalue weighted by Crippen LogP contribution is -2.33. The fourth-order valence-corrected chi connectivity index (χ4v) is 4.96. The van der Waals surface area contributed by atoms with Gasteiger partial charge in [0.05, 0.1) is 22.7 Å². The third kappa shape index (κ3) is 5.63. The van der Waals surface area contributed by atoms with E-state index in [1.165, 1.54) is 9.87 Å². The van der Waals surface area contributed by atoms with Crippen molar-refractivity contribution >= 4 is 27.5 Å². The first-order valence-corrected chi connectivity index (χ1v) is 12.5. The number of aromatic nitrogens is 2. The molecule has 0 radical (unpaired) electrons. The van der Waals surface area contributed by atoms with Crippen LogP contribution >= 0.6 is 11.6 Å². The van der Waals surface area contributed by atoms with E-state index in [1.807, 2.05) is 45.0 Å². The van der Waals surface area contributed by atoms with Gasteiger partial charge < -0.3 is 5.32 Å². The highest BCUT2D eigenvalue weighted by Gasteiger charge is 2.23. The molecule has 0 saturated heterocycles. The topological polar surface area (TPSA) is 84.3 Å². The minimum absolute atomic E-state index is 0.145. The smallest absolute Gasteiger partial charge is 0.256 e. The summed E-state index contributed by atoms with van der Waals surface area (Å²) in [6.45, 7) is 8.10. The molecule has 0 fully saturated rings. The van der Waals surface area contributed by atoms with Crippen LogP contribution in [0, 0.1) is 13.8 Å². The number of benzene rings is 2. The molecule has 0 aliphatic carbocycles. The number of nitrogens with one attached hydrogen (secondary N) is 1. The van der Waals surface area contributed by atoms with Crippen molar-refractivity contribution in [1.29, 1.82) is 0 Å². The molecule has 3 rings (SSSR count). The Morgan fingerprint density at radius 2 is 1.64 bits per heavy atom. The van der Waals surface area contributed by atoms with E-state index in [2.05, 4.69) is 10.4 Å². The van der Waals surface area contributed by atoms with Crippen LogP contribution in [0.3, 0.4) is 0 Å². The molecule has 0 atom stereocenters. The van der Waals surface area contributed by atoms with Crippen LogP contribution in [0.15, 0.2) is 53.4 Å². The number of carbonyl (C=O) groups is 1. The second-order valence-corrected chi connectivity index (χ2v) is 10.7. The molecule has 0 saturated carbocycles. The third-order valence-corrected chi connectivity index (χ3v) is 7.96. The monoisotopic (exact) mass is 488 g/mol. The molecule has 1 amide bonds. The third-order valence-electron chi connectivity index (χ3n) is 5.53. The summed E-state index contributed by atoms with van der Waals surface area (Å²) < 4.78 is 28.1. The van der Waals surface area contributed by atoms with Crippen LogP contribution in [0.4, 0.5) is 0 Å². The minimum Gasteiger partial charge on any atom is -0.348 e. The minimum atomic E-state index is -3.55. The fourth-order valence-electron chi connectivity index (χ4n) is 3.28. The van der Waals surface area contributed by atoms with Crippen LogP contribution in [0.25, 0.3) is 0 Å². The Labute approximate surface area is 200 Å². The summed E-state index contributed by atoms with van der Waals surface area (Å²) in [5, 5.41) is 7.55. The van der Waals surface area contributed by atoms with Crippen LogP contribution in [0.2, 0.25) is 5.15 Å². The molecule has 0 aliphatic rings. The normalized spacial score (nSPS) is 11.9. The van der Waals surface area contributed by atoms with Gasteiger partial charge in [0, 0.05) is 19.6 Å². The summed E-state index contributed by atoms with van der Waals surface area (Å²) in [7, 11) is -1.99. The lowest BCUT2D eigenvalue weighted by Gasteiger charge is -2.21. The Morgan fingerprint density at radius 3 is 2.21 bits per heavy atom. The van der Waals surface area contributed by atoms with Gasteiger partial charge in [-0.25, -0.2) is 13.1 Å². The van der Waals surface area contributed by atoms with Crippen LogP contribution in [-0.4, -0.2) is 41.5 Å². The van der Waals surface area contributed by atoms with Gasteiger partial charge in [-0.3, -0.25) is 4.79 Å². The number of sulfonamides is 1. The van der Waals surface area contributed by atoms with E-state index in [-0.39, 0.29) is 28.5 Å². The molecule has 0 aliphatic heterocycles. The van der Waals surface area contributed by atoms with Gasteiger partial charge in [0.1, 0.15) is 5.15 Å². The van der Waals surface area contributed by atoms with Crippen LogP contribution in [0.1, 0.15) is 46.6 Å². The number of halogens is 1. The highest BCUT2D eigenvalue weighted by molar-refractivity contribution is 7.89. The Morgan fingerprint density at radius 1 is 1.06 bits per heavy atom. The maximum Gasteiger partial charge on any atom is 0.256 e. The number of hydrogen-bond acceptors (Lipinski definition) is 4. The van der Waals surface area contributed by atoms with E-state index in [9.17, 15) is 13.2 Å². The molecule has 176 valence electrons. The Bertz CT molecular complexity index is 1230. The van der Waals surface area contributed by atoms with Gasteiger partial charge in [-0.1, -0.05) is 53.6 Å². The van der Waals surface area contributed by atoms with Crippen LogP contribution in [0.5, 0.6) is 0 Å². The zero-order valence-electron chi connectivity index (χ0n) is 19.5. The standard InChI is InChI=1S/C24H29ClN4O3S/c1-16(2)28(5)33(31,32)21-12-10-19(11-13-21)14-26-24(30)22-18(4)27-29(23(22)25)15-20-8-6-17(3)7-9-20/h6-13,16H,14-15H2,1-5H3,(H,26,30). The first-order chi connectivity index (χ1) is 15.5. The number of amides is 1. The quantitative estimate of drug-likeness (QED) is 0.516. The van der Waals surface area contributed by atoms with Gasteiger partial charge in [0.15, 0.2) is 0 Å². The van der Waals surface area contributed by atoms with Crippen molar-refractivity contribution < 1.29 is 13.2 Å². The molecule has 33 heavy (non-hydrogen) atoms. The van der Waals surface area contributed by atoms with Gasteiger partial charge in [-0.2, -0.15) is 9.40 Å². The van der Waals surface area contributed by atoms with E-state index >= 15 is 0 Å². The second kappa shape index (κ2) is 10.1. The van der Waals surface area contributed by atoms with E-state index in [0.29, 0.717) is 17.8 Å². The Balaban J connectivity index is 1.69. The first-order valence-electron chi connectivity index (χ1n) is 10.6. The molecular weight excluding hydrogens is 460 g/mol. The van der Waals surface area contributed by atoms with Crippen LogP contribution in [-0.2, 0) is 23.1 Å². The van der Waals surface area contributed by atoms with Crippen molar-refractivity contribution in [3.05, 3.63) is 81.6 Å². The predicted molar refractivity (Wildman–Crippen MR) is 130 cm³/mol. The largest absolute Gasteiger partial charge is 0.348 e.